The van der Waals surface area contributed by atoms with Crippen molar-refractivity contribution in [2.75, 3.05) is 0 Å². The van der Waals surface area contributed by atoms with Gasteiger partial charge in [-0.15, -0.1) is 0 Å². The monoisotopic (exact) mass is 426 g/mol. The Balaban J connectivity index is 5.26. The van der Waals surface area contributed by atoms with Crippen LogP contribution in [0.3, 0.4) is 0 Å². The molecule has 0 saturated carbocycles. The summed E-state index contributed by atoms with van der Waals surface area (Å²) in [4.78, 5) is 97.8. The second kappa shape index (κ2) is 8.86. The molecule has 0 aliphatic heterocycles. The molecule has 17 heteroatoms. The number of carbonyl (C=O) groups excluding carboxylic acids is 4. The largest absolute Gasteiger partial charge is 0.438 e. The van der Waals surface area contributed by atoms with Crippen molar-refractivity contribution in [3.63, 3.8) is 0 Å². The summed E-state index contributed by atoms with van der Waals surface area (Å²) in [6, 6.07) is 0. The number of carbonyl (C=O) groups is 4. The molecule has 11 N–H and O–H groups in total. The van der Waals surface area contributed by atoms with Crippen LogP contribution in [0.5, 0.6) is 0 Å². The highest BCUT2D eigenvalue weighted by atomic mass is 31.2. The maximum atomic E-state index is 11.5. The Morgan fingerprint density at radius 2 is 0.846 bits per heavy atom. The molecule has 0 rings (SSSR count). The van der Waals surface area contributed by atoms with Gasteiger partial charge in [0.2, 0.25) is 11.6 Å². The fraction of sp³-hybridized carbons (Fsp3) is 0.556. The van der Waals surface area contributed by atoms with Gasteiger partial charge in [-0.25, -0.2) is 0 Å². The van der Waals surface area contributed by atoms with Crippen LogP contribution in [0.1, 0.15) is 0 Å². The first kappa shape index (κ1) is 25.1. The third-order valence-electron chi connectivity index (χ3n) is 2.81. The van der Waals surface area contributed by atoms with Crippen LogP contribution >= 0.6 is 15.9 Å². The lowest BCUT2D eigenvalue weighted by atomic mass is 10.00. The average molecular weight is 426 g/mol. The van der Waals surface area contributed by atoms with Gasteiger partial charge in [0.05, 0.1) is 0 Å². The summed E-state index contributed by atoms with van der Waals surface area (Å²) >= 11 is 0. The lowest BCUT2D eigenvalue weighted by Crippen LogP contribution is -2.50. The molecule has 0 radical (unpaired) electrons. The van der Waals surface area contributed by atoms with Crippen molar-refractivity contribution in [2.24, 2.45) is 0 Å². The van der Waals surface area contributed by atoms with Crippen molar-refractivity contribution in [3.8, 4) is 0 Å². The van der Waals surface area contributed by atoms with Crippen LogP contribution in [-0.4, -0.2) is 108 Å². The summed E-state index contributed by atoms with van der Waals surface area (Å²) in [5, 5.41) is 45.9. The summed E-state index contributed by atoms with van der Waals surface area (Å²) in [5.41, 5.74) is 0. The van der Waals surface area contributed by atoms with Crippen LogP contribution in [-0.2, 0) is 19.2 Å². The molecule has 0 saturated heterocycles. The molecule has 0 aliphatic rings. The van der Waals surface area contributed by atoms with Gasteiger partial charge in [0, 0.05) is 0 Å². The number of aliphatic hydroxyl groups excluding tert-OH is 5. The van der Waals surface area contributed by atoms with Crippen molar-refractivity contribution < 1.29 is 74.1 Å². The average Bonchev–Trinajstić information content (AvgIpc) is 2.53. The van der Waals surface area contributed by atoms with Crippen LogP contribution in [0, 0.1) is 0 Å². The summed E-state index contributed by atoms with van der Waals surface area (Å²) in [5.74, 6) is -15.3. The zero-order valence-corrected chi connectivity index (χ0v) is 14.1. The topological polar surface area (TPSA) is 291 Å². The molecule has 150 valence electrons. The Kier molecular flexibility index (Phi) is 8.55. The van der Waals surface area contributed by atoms with Crippen LogP contribution in [0.15, 0.2) is 0 Å². The van der Waals surface area contributed by atoms with E-state index < -0.39 is 69.0 Å². The molecule has 15 nitrogen and oxygen atoms in total. The highest BCUT2D eigenvalue weighted by molar-refractivity contribution is 7.59. The van der Waals surface area contributed by atoms with Gasteiger partial charge in [0.25, 0.3) is 23.3 Å². The molecule has 0 fully saturated rings. The third kappa shape index (κ3) is 6.07. The van der Waals surface area contributed by atoms with Gasteiger partial charge in [-0.2, -0.15) is 29.4 Å². The second-order valence-electron chi connectivity index (χ2n) is 4.82. The van der Waals surface area contributed by atoms with E-state index in [9.17, 15) is 34.5 Å². The number of Topliss-reactive ketones (excluding diaryl/α,β-unsaturated/α-hetero) is 4. The fourth-order valence-corrected chi connectivity index (χ4v) is 2.43. The maximum absolute atomic E-state index is 11.5. The molecule has 0 aliphatic carbocycles. The predicted octanol–water partition coefficient (Wildman–Crippen LogP) is -6.54. The number of rotatable bonds is 10. The zero-order chi connectivity index (χ0) is 21.2. The normalized spacial score (nSPS) is 18.4. The minimum atomic E-state index is -5.24. The summed E-state index contributed by atoms with van der Waals surface area (Å²) in [7, 11) is -10.4. The Morgan fingerprint density at radius 3 is 1.15 bits per heavy atom. The minimum absolute atomic E-state index is 2.29. The van der Waals surface area contributed by atoms with E-state index in [0.29, 0.717) is 0 Å². The van der Waals surface area contributed by atoms with Gasteiger partial charge in [0.1, 0.15) is 0 Å². The number of hydrogen-bond acceptors (Lipinski definition) is 15. The number of ketones is 4. The summed E-state index contributed by atoms with van der Waals surface area (Å²) < 4.78 is 0. The lowest BCUT2D eigenvalue weighted by Gasteiger charge is -2.20. The van der Waals surface area contributed by atoms with Crippen LogP contribution in [0.25, 0.3) is 0 Å². The highest BCUT2D eigenvalue weighted by Crippen LogP contribution is 2.51. The van der Waals surface area contributed by atoms with Crippen molar-refractivity contribution in [1.82, 2.24) is 0 Å². The highest BCUT2D eigenvalue weighted by Gasteiger charge is 2.54. The maximum Gasteiger partial charge on any atom is 0.438 e. The Morgan fingerprint density at radius 1 is 0.538 bits per heavy atom. The second-order valence-corrected chi connectivity index (χ2v) is 8.34. The molecule has 0 bridgehead atoms. The standard InChI is InChI=1S/C9H16O15P2/c10-1(2(11)4(13)6(15)8(17)25(19,20)21)3(12)5(14)7(16)9(18)26(22,23)24/h4,6-9,13,15-24H/q+2. The van der Waals surface area contributed by atoms with E-state index in [1.807, 2.05) is 0 Å². The third-order valence-corrected chi connectivity index (χ3v) is 4.82. The molecule has 0 amide bonds. The van der Waals surface area contributed by atoms with Gasteiger partial charge >= 0.3 is 15.9 Å². The molecule has 0 spiro atoms. The Bertz CT molecular complexity index is 577. The van der Waals surface area contributed by atoms with E-state index >= 15 is 0 Å². The Hall–Kier alpha value is -0.900. The molecule has 0 aromatic carbocycles. The first-order valence-electron chi connectivity index (χ1n) is 6.15. The smallest absolute Gasteiger partial charge is 0.383 e. The van der Waals surface area contributed by atoms with Gasteiger partial charge in [-0.3, -0.25) is 19.2 Å². The van der Waals surface area contributed by atoms with Crippen molar-refractivity contribution in [3.05, 3.63) is 0 Å². The van der Waals surface area contributed by atoms with Crippen molar-refractivity contribution in [2.45, 2.75) is 30.0 Å². The van der Waals surface area contributed by atoms with Crippen molar-refractivity contribution >= 4 is 39.0 Å². The first-order chi connectivity index (χ1) is 11.4. The van der Waals surface area contributed by atoms with Crippen LogP contribution < -0.4 is 0 Å². The molecule has 0 heterocycles. The molecule has 0 aromatic heterocycles. The van der Waals surface area contributed by atoms with Crippen LogP contribution in [0.2, 0.25) is 0 Å². The SMILES string of the molecule is O=C(C(=O)C(=O)C(O)C(O)[P+](O)(O)O)C(=O)C(O)C(O)C(O)[P+](O)(O)O. The number of hydrogen-bond donors (Lipinski definition) is 11. The van der Waals surface area contributed by atoms with Gasteiger partial charge < -0.3 is 25.5 Å². The van der Waals surface area contributed by atoms with Crippen molar-refractivity contribution in [1.29, 1.82) is 0 Å². The van der Waals surface area contributed by atoms with Crippen LogP contribution in [0.4, 0.5) is 0 Å². The quantitative estimate of drug-likeness (QED) is 0.0879. The van der Waals surface area contributed by atoms with Gasteiger partial charge in [0.15, 0.2) is 18.3 Å². The Labute approximate surface area is 144 Å². The van der Waals surface area contributed by atoms with Gasteiger partial charge in [-0.05, 0) is 0 Å². The predicted molar refractivity (Wildman–Crippen MR) is 77.2 cm³/mol. The minimum Gasteiger partial charge on any atom is -0.383 e. The molecule has 26 heavy (non-hydrogen) atoms. The van der Waals surface area contributed by atoms with E-state index in [4.69, 9.17) is 39.6 Å². The summed E-state index contributed by atoms with van der Waals surface area (Å²) in [6.07, 6.45) is -8.96. The fourth-order valence-electron chi connectivity index (χ4n) is 1.34. The van der Waals surface area contributed by atoms with E-state index in [2.05, 4.69) is 0 Å². The van der Waals surface area contributed by atoms with Gasteiger partial charge in [-0.1, -0.05) is 0 Å². The number of aliphatic hydroxyl groups is 5. The van der Waals surface area contributed by atoms with E-state index in [-0.39, 0.29) is 0 Å². The zero-order valence-electron chi connectivity index (χ0n) is 12.3. The molecular weight excluding hydrogens is 410 g/mol. The molecule has 5 unspecified atom stereocenters. The van der Waals surface area contributed by atoms with E-state index in [1.54, 1.807) is 0 Å². The molecular formula is C9H16O15P2+2. The molecule has 5 atom stereocenters. The summed E-state index contributed by atoms with van der Waals surface area (Å²) in [6.45, 7) is 0. The van der Waals surface area contributed by atoms with E-state index in [0.717, 1.165) is 0 Å². The molecule has 0 aromatic rings. The van der Waals surface area contributed by atoms with E-state index in [1.165, 1.54) is 0 Å². The first-order valence-corrected chi connectivity index (χ1v) is 9.58. The lowest BCUT2D eigenvalue weighted by molar-refractivity contribution is -0.156.